The highest BCUT2D eigenvalue weighted by Gasteiger charge is 2.16. The fraction of sp³-hybridized carbons (Fsp3) is 0.357. The Hall–Kier alpha value is -1.53. The van der Waals surface area contributed by atoms with E-state index in [1.807, 2.05) is 19.2 Å². The fourth-order valence-corrected chi connectivity index (χ4v) is 2.77. The molecule has 0 spiro atoms. The van der Waals surface area contributed by atoms with E-state index >= 15 is 0 Å². The lowest BCUT2D eigenvalue weighted by Crippen LogP contribution is -2.17. The van der Waals surface area contributed by atoms with Gasteiger partial charge in [-0.25, -0.2) is 0 Å². The summed E-state index contributed by atoms with van der Waals surface area (Å²) >= 11 is 3.53. The van der Waals surface area contributed by atoms with Crippen LogP contribution in [0.25, 0.3) is 0 Å². The lowest BCUT2D eigenvalue weighted by atomic mass is 10.2. The van der Waals surface area contributed by atoms with Gasteiger partial charge < -0.3 is 14.8 Å². The molecule has 0 saturated carbocycles. The summed E-state index contributed by atoms with van der Waals surface area (Å²) in [6.07, 6.45) is 1.85. The van der Waals surface area contributed by atoms with Gasteiger partial charge in [0.25, 0.3) is 0 Å². The van der Waals surface area contributed by atoms with Crippen molar-refractivity contribution in [2.75, 3.05) is 13.2 Å². The Balaban J connectivity index is 1.66. The zero-order valence-electron chi connectivity index (χ0n) is 11.2. The summed E-state index contributed by atoms with van der Waals surface area (Å²) in [6.45, 7) is 4.77. The SMILES string of the molecule is Cc1[nH]ncc1CNCc1cc(Br)c2c(c1)OCCO2. The Kier molecular flexibility index (Phi) is 3.93. The second-order valence-electron chi connectivity index (χ2n) is 4.73. The van der Waals surface area contributed by atoms with Crippen molar-refractivity contribution >= 4 is 15.9 Å². The molecule has 0 bridgehead atoms. The van der Waals surface area contributed by atoms with Gasteiger partial charge in [0.2, 0.25) is 0 Å². The van der Waals surface area contributed by atoms with Crippen LogP contribution in [-0.2, 0) is 13.1 Å². The molecule has 5 nitrogen and oxygen atoms in total. The second-order valence-corrected chi connectivity index (χ2v) is 5.58. The topological polar surface area (TPSA) is 59.2 Å². The summed E-state index contributed by atoms with van der Waals surface area (Å²) in [7, 11) is 0. The van der Waals surface area contributed by atoms with Crippen LogP contribution in [0.3, 0.4) is 0 Å². The molecule has 0 radical (unpaired) electrons. The quantitative estimate of drug-likeness (QED) is 0.900. The Morgan fingerprint density at radius 2 is 2.15 bits per heavy atom. The van der Waals surface area contributed by atoms with Crippen LogP contribution >= 0.6 is 15.9 Å². The molecule has 2 N–H and O–H groups in total. The summed E-state index contributed by atoms with van der Waals surface area (Å²) < 4.78 is 12.1. The number of halogens is 1. The van der Waals surface area contributed by atoms with Gasteiger partial charge >= 0.3 is 0 Å². The van der Waals surface area contributed by atoms with Crippen molar-refractivity contribution in [2.45, 2.75) is 20.0 Å². The van der Waals surface area contributed by atoms with Crippen LogP contribution < -0.4 is 14.8 Å². The number of rotatable bonds is 4. The van der Waals surface area contributed by atoms with Gasteiger partial charge in [0.15, 0.2) is 11.5 Å². The van der Waals surface area contributed by atoms with Gasteiger partial charge in [0.1, 0.15) is 13.2 Å². The highest BCUT2D eigenvalue weighted by molar-refractivity contribution is 9.10. The van der Waals surface area contributed by atoms with Gasteiger partial charge in [0, 0.05) is 24.3 Å². The fourth-order valence-electron chi connectivity index (χ4n) is 2.16. The van der Waals surface area contributed by atoms with E-state index in [-0.39, 0.29) is 0 Å². The highest BCUT2D eigenvalue weighted by Crippen LogP contribution is 2.38. The number of hydrogen-bond donors (Lipinski definition) is 2. The number of hydrogen-bond acceptors (Lipinski definition) is 4. The van der Waals surface area contributed by atoms with Crippen LogP contribution in [0.5, 0.6) is 11.5 Å². The third-order valence-corrected chi connectivity index (χ3v) is 3.82. The molecule has 0 amide bonds. The normalized spacial score (nSPS) is 13.5. The third kappa shape index (κ3) is 2.81. The van der Waals surface area contributed by atoms with Gasteiger partial charge in [0.05, 0.1) is 10.7 Å². The number of nitrogens with zero attached hydrogens (tertiary/aromatic N) is 1. The van der Waals surface area contributed by atoms with E-state index in [0.717, 1.165) is 40.3 Å². The minimum absolute atomic E-state index is 0.600. The van der Waals surface area contributed by atoms with Gasteiger partial charge in [-0.1, -0.05) is 0 Å². The zero-order valence-corrected chi connectivity index (χ0v) is 12.8. The smallest absolute Gasteiger partial charge is 0.175 e. The first-order chi connectivity index (χ1) is 9.74. The van der Waals surface area contributed by atoms with Crippen molar-refractivity contribution in [1.29, 1.82) is 0 Å². The molecule has 0 saturated heterocycles. The van der Waals surface area contributed by atoms with Crippen molar-refractivity contribution in [3.05, 3.63) is 39.6 Å². The van der Waals surface area contributed by atoms with Gasteiger partial charge in [-0.15, -0.1) is 0 Å². The molecule has 2 heterocycles. The van der Waals surface area contributed by atoms with Crippen LogP contribution in [0.4, 0.5) is 0 Å². The molecule has 1 aromatic heterocycles. The van der Waals surface area contributed by atoms with Crippen LogP contribution in [-0.4, -0.2) is 23.4 Å². The average Bonchev–Trinajstić information content (AvgIpc) is 2.85. The number of benzene rings is 1. The standard InChI is InChI=1S/C14H16BrN3O2/c1-9-11(8-17-18-9)7-16-6-10-4-12(15)14-13(5-10)19-2-3-20-14/h4-5,8,16H,2-3,6-7H2,1H3,(H,17,18). The van der Waals surface area contributed by atoms with Crippen LogP contribution in [0, 0.1) is 6.92 Å². The van der Waals surface area contributed by atoms with Gasteiger partial charge in [-0.05, 0) is 40.5 Å². The molecule has 6 heteroatoms. The summed E-state index contributed by atoms with van der Waals surface area (Å²) in [5.41, 5.74) is 3.43. The molecule has 106 valence electrons. The van der Waals surface area contributed by atoms with Crippen molar-refractivity contribution in [3.8, 4) is 11.5 Å². The lowest BCUT2D eigenvalue weighted by Gasteiger charge is -2.20. The zero-order chi connectivity index (χ0) is 13.9. The molecule has 0 fully saturated rings. The largest absolute Gasteiger partial charge is 0.486 e. The average molecular weight is 338 g/mol. The molecule has 0 unspecified atom stereocenters. The first-order valence-electron chi connectivity index (χ1n) is 6.51. The number of aromatic nitrogens is 2. The number of aryl methyl sites for hydroxylation is 1. The van der Waals surface area contributed by atoms with Gasteiger partial charge in [-0.2, -0.15) is 5.10 Å². The first-order valence-corrected chi connectivity index (χ1v) is 7.31. The number of fused-ring (bicyclic) bond motifs is 1. The van der Waals surface area contributed by atoms with Crippen molar-refractivity contribution in [2.24, 2.45) is 0 Å². The highest BCUT2D eigenvalue weighted by atomic mass is 79.9. The molecule has 3 rings (SSSR count). The molecule has 1 aliphatic rings. The molecule has 1 aromatic carbocycles. The first kappa shape index (κ1) is 13.5. The molecule has 0 atom stereocenters. The van der Waals surface area contributed by atoms with E-state index < -0.39 is 0 Å². The van der Waals surface area contributed by atoms with Crippen LogP contribution in [0.2, 0.25) is 0 Å². The molecule has 0 aliphatic carbocycles. The Labute approximate surface area is 125 Å². The van der Waals surface area contributed by atoms with E-state index in [9.17, 15) is 0 Å². The van der Waals surface area contributed by atoms with Crippen LogP contribution in [0.15, 0.2) is 22.8 Å². The van der Waals surface area contributed by atoms with Crippen molar-refractivity contribution < 1.29 is 9.47 Å². The van der Waals surface area contributed by atoms with E-state index in [4.69, 9.17) is 9.47 Å². The molecule has 20 heavy (non-hydrogen) atoms. The number of aromatic amines is 1. The number of ether oxygens (including phenoxy) is 2. The van der Waals surface area contributed by atoms with E-state index in [1.54, 1.807) is 0 Å². The second kappa shape index (κ2) is 5.85. The van der Waals surface area contributed by atoms with Crippen LogP contribution in [0.1, 0.15) is 16.8 Å². The maximum absolute atomic E-state index is 5.62. The summed E-state index contributed by atoms with van der Waals surface area (Å²) in [4.78, 5) is 0. The molecule has 1 aliphatic heterocycles. The predicted molar refractivity (Wildman–Crippen MR) is 79.0 cm³/mol. The van der Waals surface area contributed by atoms with E-state index in [1.165, 1.54) is 5.56 Å². The van der Waals surface area contributed by atoms with E-state index in [0.29, 0.717) is 13.2 Å². The van der Waals surface area contributed by atoms with Crippen molar-refractivity contribution in [3.63, 3.8) is 0 Å². The monoisotopic (exact) mass is 337 g/mol. The maximum Gasteiger partial charge on any atom is 0.175 e. The summed E-state index contributed by atoms with van der Waals surface area (Å²) in [5.74, 6) is 1.60. The minimum atomic E-state index is 0.600. The minimum Gasteiger partial charge on any atom is -0.486 e. The Morgan fingerprint density at radius 3 is 2.95 bits per heavy atom. The molecule has 2 aromatic rings. The molecular formula is C14H16BrN3O2. The molecular weight excluding hydrogens is 322 g/mol. The Bertz CT molecular complexity index is 612. The Morgan fingerprint density at radius 1 is 1.30 bits per heavy atom. The lowest BCUT2D eigenvalue weighted by molar-refractivity contribution is 0.170. The summed E-state index contributed by atoms with van der Waals surface area (Å²) in [6, 6.07) is 4.08. The maximum atomic E-state index is 5.62. The summed E-state index contributed by atoms with van der Waals surface area (Å²) in [5, 5.41) is 10.3. The number of nitrogens with one attached hydrogen (secondary N) is 2. The predicted octanol–water partition coefficient (Wildman–Crippen LogP) is 2.54. The number of H-pyrrole nitrogens is 1. The van der Waals surface area contributed by atoms with E-state index in [2.05, 4.69) is 37.5 Å². The van der Waals surface area contributed by atoms with Crippen molar-refractivity contribution in [1.82, 2.24) is 15.5 Å². The van der Waals surface area contributed by atoms with Gasteiger partial charge in [-0.3, -0.25) is 5.10 Å². The third-order valence-electron chi connectivity index (χ3n) is 3.24.